The van der Waals surface area contributed by atoms with Crippen molar-refractivity contribution in [2.75, 3.05) is 12.4 Å². The molecule has 1 amide bonds. The summed E-state index contributed by atoms with van der Waals surface area (Å²) in [5, 5.41) is 4.08. The first-order chi connectivity index (χ1) is 10.2. The predicted octanol–water partition coefficient (Wildman–Crippen LogP) is 3.20. The zero-order valence-corrected chi connectivity index (χ0v) is 13.0. The molecule has 0 bridgehead atoms. The van der Waals surface area contributed by atoms with Gasteiger partial charge in [0.05, 0.1) is 17.8 Å². The van der Waals surface area contributed by atoms with Gasteiger partial charge in [-0.1, -0.05) is 0 Å². The van der Waals surface area contributed by atoms with E-state index in [2.05, 4.69) is 10.3 Å². The minimum Gasteiger partial charge on any atom is -0.497 e. The average molecular weight is 302 g/mol. The van der Waals surface area contributed by atoms with Gasteiger partial charge in [0.2, 0.25) is 5.91 Å². The van der Waals surface area contributed by atoms with E-state index in [9.17, 15) is 4.79 Å². The summed E-state index contributed by atoms with van der Waals surface area (Å²) in [4.78, 5) is 18.2. The Bertz CT molecular complexity index is 649. The number of amides is 1. The zero-order chi connectivity index (χ0) is 14.8. The molecule has 1 aliphatic carbocycles. The van der Waals surface area contributed by atoms with Crippen LogP contribution in [0.25, 0.3) is 0 Å². The third-order valence-corrected chi connectivity index (χ3v) is 4.81. The number of fused-ring (bicyclic) bond motifs is 1. The maximum absolute atomic E-state index is 12.4. The Kier molecular flexibility index (Phi) is 3.92. The van der Waals surface area contributed by atoms with Crippen molar-refractivity contribution in [3.8, 4) is 5.75 Å². The SMILES string of the molecule is COc1ccc(NC(=O)C2CCc3nc(C)sc3C2)cc1. The van der Waals surface area contributed by atoms with Gasteiger partial charge >= 0.3 is 0 Å². The Morgan fingerprint density at radius 1 is 1.38 bits per heavy atom. The van der Waals surface area contributed by atoms with Crippen LogP contribution in [0.1, 0.15) is 22.0 Å². The number of nitrogens with one attached hydrogen (secondary N) is 1. The maximum atomic E-state index is 12.4. The molecule has 21 heavy (non-hydrogen) atoms. The highest BCUT2D eigenvalue weighted by molar-refractivity contribution is 7.11. The summed E-state index contributed by atoms with van der Waals surface area (Å²) < 4.78 is 5.11. The molecular formula is C16H18N2O2S. The lowest BCUT2D eigenvalue weighted by atomic mass is 9.90. The molecule has 1 aromatic heterocycles. The van der Waals surface area contributed by atoms with Crippen molar-refractivity contribution in [1.82, 2.24) is 4.98 Å². The van der Waals surface area contributed by atoms with E-state index in [4.69, 9.17) is 4.74 Å². The molecule has 0 fully saturated rings. The zero-order valence-electron chi connectivity index (χ0n) is 12.2. The van der Waals surface area contributed by atoms with Crippen LogP contribution in [0.4, 0.5) is 5.69 Å². The highest BCUT2D eigenvalue weighted by Gasteiger charge is 2.27. The summed E-state index contributed by atoms with van der Waals surface area (Å²) in [5.41, 5.74) is 2.00. The summed E-state index contributed by atoms with van der Waals surface area (Å²) in [5.74, 6) is 0.923. The third-order valence-electron chi connectivity index (χ3n) is 3.77. The number of nitrogens with zero attached hydrogens (tertiary/aromatic N) is 1. The molecular weight excluding hydrogens is 284 g/mol. The summed E-state index contributed by atoms with van der Waals surface area (Å²) in [6.07, 6.45) is 2.58. The molecule has 5 heteroatoms. The maximum Gasteiger partial charge on any atom is 0.227 e. The number of aromatic nitrogens is 1. The van der Waals surface area contributed by atoms with Gasteiger partial charge in [0.25, 0.3) is 0 Å². The van der Waals surface area contributed by atoms with E-state index in [1.807, 2.05) is 31.2 Å². The molecule has 0 saturated carbocycles. The highest BCUT2D eigenvalue weighted by atomic mass is 32.1. The number of thiazole rings is 1. The summed E-state index contributed by atoms with van der Waals surface area (Å²) >= 11 is 1.71. The van der Waals surface area contributed by atoms with E-state index in [1.54, 1.807) is 18.4 Å². The second-order valence-corrected chi connectivity index (χ2v) is 6.55. The molecule has 1 N–H and O–H groups in total. The Balaban J connectivity index is 1.66. The van der Waals surface area contributed by atoms with Gasteiger partial charge in [-0.15, -0.1) is 11.3 Å². The van der Waals surface area contributed by atoms with Gasteiger partial charge in [0.1, 0.15) is 5.75 Å². The number of benzene rings is 1. The van der Waals surface area contributed by atoms with Gasteiger partial charge in [-0.2, -0.15) is 0 Å². The van der Waals surface area contributed by atoms with E-state index in [-0.39, 0.29) is 11.8 Å². The number of hydrogen-bond acceptors (Lipinski definition) is 4. The van der Waals surface area contributed by atoms with Gasteiger partial charge in [0.15, 0.2) is 0 Å². The van der Waals surface area contributed by atoms with E-state index in [1.165, 1.54) is 10.6 Å². The second-order valence-electron chi connectivity index (χ2n) is 5.26. The monoisotopic (exact) mass is 302 g/mol. The van der Waals surface area contributed by atoms with Gasteiger partial charge in [-0.3, -0.25) is 4.79 Å². The first-order valence-electron chi connectivity index (χ1n) is 7.06. The van der Waals surface area contributed by atoms with Crippen LogP contribution in [0.3, 0.4) is 0 Å². The Labute approximate surface area is 128 Å². The number of carbonyl (C=O) groups excluding carboxylic acids is 1. The van der Waals surface area contributed by atoms with Gasteiger partial charge < -0.3 is 10.1 Å². The van der Waals surface area contributed by atoms with E-state index in [0.29, 0.717) is 0 Å². The molecule has 0 spiro atoms. The average Bonchev–Trinajstić information content (AvgIpc) is 2.87. The Hall–Kier alpha value is -1.88. The summed E-state index contributed by atoms with van der Waals surface area (Å²) in [6.45, 7) is 2.02. The van der Waals surface area contributed by atoms with Crippen LogP contribution in [0, 0.1) is 12.8 Å². The van der Waals surface area contributed by atoms with Crippen molar-refractivity contribution in [2.24, 2.45) is 5.92 Å². The molecule has 1 aromatic carbocycles. The van der Waals surface area contributed by atoms with E-state index < -0.39 is 0 Å². The fraction of sp³-hybridized carbons (Fsp3) is 0.375. The molecule has 3 rings (SSSR count). The highest BCUT2D eigenvalue weighted by Crippen LogP contribution is 2.30. The third kappa shape index (κ3) is 3.08. The van der Waals surface area contributed by atoms with Gasteiger partial charge in [0, 0.05) is 16.5 Å². The lowest BCUT2D eigenvalue weighted by molar-refractivity contribution is -0.120. The molecule has 110 valence electrons. The van der Waals surface area contributed by atoms with Crippen LogP contribution in [0.15, 0.2) is 24.3 Å². The largest absolute Gasteiger partial charge is 0.497 e. The number of methoxy groups -OCH3 is 1. The lowest BCUT2D eigenvalue weighted by Crippen LogP contribution is -2.27. The number of aryl methyl sites for hydroxylation is 2. The minimum atomic E-state index is 0.0412. The van der Waals surface area contributed by atoms with E-state index in [0.717, 1.165) is 35.7 Å². The number of carbonyl (C=O) groups is 1. The van der Waals surface area contributed by atoms with Crippen molar-refractivity contribution in [3.05, 3.63) is 39.8 Å². The minimum absolute atomic E-state index is 0.0412. The standard InChI is InChI=1S/C16H18N2O2S/c1-10-17-14-8-3-11(9-15(14)21-10)16(19)18-12-4-6-13(20-2)7-5-12/h4-7,11H,3,8-9H2,1-2H3,(H,18,19). The smallest absolute Gasteiger partial charge is 0.227 e. The van der Waals surface area contributed by atoms with Crippen LogP contribution in [0.5, 0.6) is 5.75 Å². The van der Waals surface area contributed by atoms with Crippen molar-refractivity contribution >= 4 is 22.9 Å². The van der Waals surface area contributed by atoms with E-state index >= 15 is 0 Å². The number of ether oxygens (including phenoxy) is 1. The first kappa shape index (κ1) is 14.1. The van der Waals surface area contributed by atoms with Crippen LogP contribution < -0.4 is 10.1 Å². The van der Waals surface area contributed by atoms with Crippen LogP contribution in [-0.2, 0) is 17.6 Å². The summed E-state index contributed by atoms with van der Waals surface area (Å²) in [6, 6.07) is 7.42. The van der Waals surface area contributed by atoms with Crippen molar-refractivity contribution in [1.29, 1.82) is 0 Å². The normalized spacial score (nSPS) is 17.1. The lowest BCUT2D eigenvalue weighted by Gasteiger charge is -2.20. The molecule has 1 aliphatic rings. The van der Waals surface area contributed by atoms with Crippen molar-refractivity contribution in [3.63, 3.8) is 0 Å². The molecule has 1 unspecified atom stereocenters. The van der Waals surface area contributed by atoms with Crippen molar-refractivity contribution in [2.45, 2.75) is 26.2 Å². The molecule has 0 radical (unpaired) electrons. The molecule has 4 nitrogen and oxygen atoms in total. The number of anilines is 1. The predicted molar refractivity (Wildman–Crippen MR) is 84.0 cm³/mol. The molecule has 0 aliphatic heterocycles. The molecule has 2 aromatic rings. The Morgan fingerprint density at radius 2 is 2.14 bits per heavy atom. The summed E-state index contributed by atoms with van der Waals surface area (Å²) in [7, 11) is 1.63. The van der Waals surface area contributed by atoms with Gasteiger partial charge in [-0.05, 0) is 50.5 Å². The topological polar surface area (TPSA) is 51.2 Å². The fourth-order valence-corrected chi connectivity index (χ4v) is 3.71. The fourth-order valence-electron chi connectivity index (χ4n) is 2.65. The van der Waals surface area contributed by atoms with Crippen LogP contribution >= 0.6 is 11.3 Å². The molecule has 1 heterocycles. The Morgan fingerprint density at radius 3 is 2.86 bits per heavy atom. The quantitative estimate of drug-likeness (QED) is 0.947. The second kappa shape index (κ2) is 5.85. The first-order valence-corrected chi connectivity index (χ1v) is 7.87. The van der Waals surface area contributed by atoms with Crippen LogP contribution in [0.2, 0.25) is 0 Å². The van der Waals surface area contributed by atoms with Gasteiger partial charge in [-0.25, -0.2) is 4.98 Å². The van der Waals surface area contributed by atoms with Crippen LogP contribution in [-0.4, -0.2) is 18.0 Å². The molecule has 0 saturated heterocycles. The molecule has 1 atom stereocenters. The number of rotatable bonds is 3. The number of hydrogen-bond donors (Lipinski definition) is 1. The van der Waals surface area contributed by atoms with Crippen molar-refractivity contribution < 1.29 is 9.53 Å².